The van der Waals surface area contributed by atoms with Crippen LogP contribution in [0, 0.1) is 0 Å². The second-order valence-corrected chi connectivity index (χ2v) is 7.57. The topological polar surface area (TPSA) is 77.0 Å². The number of anilines is 1. The number of nitrogens with one attached hydrogen (secondary N) is 1. The largest absolute Gasteiger partial charge is 0.456 e. The van der Waals surface area contributed by atoms with Crippen LogP contribution in [0.2, 0.25) is 0 Å². The Morgan fingerprint density at radius 1 is 0.853 bits per heavy atom. The van der Waals surface area contributed by atoms with Crippen molar-refractivity contribution in [3.8, 4) is 33.8 Å². The minimum Gasteiger partial charge on any atom is -0.456 e. The fourth-order valence-corrected chi connectivity index (χ4v) is 3.71. The molecule has 34 heavy (non-hydrogen) atoms. The lowest BCUT2D eigenvalue weighted by Gasteiger charge is -2.12. The zero-order valence-electron chi connectivity index (χ0n) is 18.2. The summed E-state index contributed by atoms with van der Waals surface area (Å²) in [5.74, 6) is 1.15. The van der Waals surface area contributed by atoms with Crippen LogP contribution >= 0.6 is 0 Å². The number of fused-ring (bicyclic) bond motifs is 1. The van der Waals surface area contributed by atoms with Crippen LogP contribution < -0.4 is 10.1 Å². The monoisotopic (exact) mass is 444 g/mol. The highest BCUT2D eigenvalue weighted by atomic mass is 16.5. The Morgan fingerprint density at radius 2 is 1.74 bits per heavy atom. The molecule has 0 unspecified atom stereocenters. The van der Waals surface area contributed by atoms with Crippen LogP contribution in [0.1, 0.15) is 0 Å². The SMILES string of the molecule is C=CC(=O)Nc1cccc(-c2cc(-c3ccc(Oc4cccnc4)cc3)cc3cncnc23)c1. The summed E-state index contributed by atoms with van der Waals surface area (Å²) in [6.45, 7) is 3.51. The van der Waals surface area contributed by atoms with Crippen molar-refractivity contribution >= 4 is 22.5 Å². The van der Waals surface area contributed by atoms with Crippen LogP contribution in [0.15, 0.2) is 110 Å². The molecule has 0 aliphatic heterocycles. The molecular weight excluding hydrogens is 424 g/mol. The Hall–Kier alpha value is -4.84. The van der Waals surface area contributed by atoms with Crippen molar-refractivity contribution in [3.05, 3.63) is 110 Å². The third-order valence-corrected chi connectivity index (χ3v) is 5.29. The van der Waals surface area contributed by atoms with E-state index in [0.717, 1.165) is 38.9 Å². The highest BCUT2D eigenvalue weighted by Crippen LogP contribution is 2.34. The van der Waals surface area contributed by atoms with Gasteiger partial charge in [-0.05, 0) is 71.3 Å². The number of aromatic nitrogens is 3. The number of carbonyl (C=O) groups is 1. The van der Waals surface area contributed by atoms with E-state index in [4.69, 9.17) is 4.74 Å². The zero-order chi connectivity index (χ0) is 23.3. The summed E-state index contributed by atoms with van der Waals surface area (Å²) in [7, 11) is 0. The van der Waals surface area contributed by atoms with E-state index in [0.29, 0.717) is 11.4 Å². The maximum Gasteiger partial charge on any atom is 0.247 e. The zero-order valence-corrected chi connectivity index (χ0v) is 18.2. The fourth-order valence-electron chi connectivity index (χ4n) is 3.71. The molecule has 1 N–H and O–H groups in total. The number of hydrogen-bond acceptors (Lipinski definition) is 5. The van der Waals surface area contributed by atoms with Crippen molar-refractivity contribution in [3.63, 3.8) is 0 Å². The van der Waals surface area contributed by atoms with Crippen LogP contribution in [-0.2, 0) is 4.79 Å². The minimum absolute atomic E-state index is 0.258. The maximum absolute atomic E-state index is 11.8. The fraction of sp³-hybridized carbons (Fsp3) is 0. The summed E-state index contributed by atoms with van der Waals surface area (Å²) in [5, 5.41) is 3.74. The van der Waals surface area contributed by atoms with Crippen LogP contribution in [-0.4, -0.2) is 20.9 Å². The molecule has 2 aromatic heterocycles. The first-order valence-electron chi connectivity index (χ1n) is 10.7. The number of benzene rings is 3. The van der Waals surface area contributed by atoms with E-state index in [1.807, 2.05) is 60.7 Å². The molecule has 0 spiro atoms. The van der Waals surface area contributed by atoms with Crippen LogP contribution in [0.5, 0.6) is 11.5 Å². The molecule has 0 saturated heterocycles. The Labute approximate surface area is 196 Å². The second kappa shape index (κ2) is 9.34. The van der Waals surface area contributed by atoms with Gasteiger partial charge in [0.2, 0.25) is 5.91 Å². The van der Waals surface area contributed by atoms with Gasteiger partial charge in [-0.25, -0.2) is 9.97 Å². The Balaban J connectivity index is 1.53. The average molecular weight is 444 g/mol. The molecule has 6 nitrogen and oxygen atoms in total. The first-order chi connectivity index (χ1) is 16.7. The van der Waals surface area contributed by atoms with Gasteiger partial charge in [-0.3, -0.25) is 9.78 Å². The summed E-state index contributed by atoms with van der Waals surface area (Å²) in [5.41, 5.74) is 5.45. The molecular formula is C28H20N4O2. The average Bonchev–Trinajstić information content (AvgIpc) is 2.89. The van der Waals surface area contributed by atoms with E-state index in [1.165, 1.54) is 6.08 Å². The molecule has 0 bridgehead atoms. The van der Waals surface area contributed by atoms with E-state index in [1.54, 1.807) is 24.9 Å². The van der Waals surface area contributed by atoms with Gasteiger partial charge < -0.3 is 10.1 Å². The highest BCUT2D eigenvalue weighted by Gasteiger charge is 2.11. The van der Waals surface area contributed by atoms with Crippen LogP contribution in [0.4, 0.5) is 5.69 Å². The summed E-state index contributed by atoms with van der Waals surface area (Å²) in [6.07, 6.45) is 7.98. The predicted octanol–water partition coefficient (Wildman–Crippen LogP) is 6.28. The highest BCUT2D eigenvalue weighted by molar-refractivity contribution is 6.01. The molecule has 0 saturated carbocycles. The summed E-state index contributed by atoms with van der Waals surface area (Å²) >= 11 is 0. The van der Waals surface area contributed by atoms with Gasteiger partial charge in [0.1, 0.15) is 17.8 Å². The molecule has 1 amide bonds. The Bertz CT molecular complexity index is 1480. The van der Waals surface area contributed by atoms with E-state index >= 15 is 0 Å². The molecule has 0 radical (unpaired) electrons. The molecule has 0 atom stereocenters. The molecule has 5 rings (SSSR count). The molecule has 164 valence electrons. The smallest absolute Gasteiger partial charge is 0.247 e. The van der Waals surface area contributed by atoms with E-state index in [9.17, 15) is 4.79 Å². The van der Waals surface area contributed by atoms with Gasteiger partial charge in [-0.2, -0.15) is 0 Å². The van der Waals surface area contributed by atoms with Gasteiger partial charge >= 0.3 is 0 Å². The van der Waals surface area contributed by atoms with Gasteiger partial charge in [-0.15, -0.1) is 0 Å². The lowest BCUT2D eigenvalue weighted by atomic mass is 9.96. The molecule has 0 aliphatic carbocycles. The predicted molar refractivity (Wildman–Crippen MR) is 134 cm³/mol. The molecule has 6 heteroatoms. The maximum atomic E-state index is 11.8. The van der Waals surface area contributed by atoms with Crippen LogP contribution in [0.25, 0.3) is 33.2 Å². The number of rotatable bonds is 6. The van der Waals surface area contributed by atoms with Crippen molar-refractivity contribution in [1.82, 2.24) is 15.0 Å². The number of pyridine rings is 1. The Kier molecular flexibility index (Phi) is 5.78. The van der Waals surface area contributed by atoms with Gasteiger partial charge in [0.15, 0.2) is 0 Å². The van der Waals surface area contributed by atoms with E-state index < -0.39 is 0 Å². The normalized spacial score (nSPS) is 10.6. The minimum atomic E-state index is -0.258. The molecule has 5 aromatic rings. The first kappa shape index (κ1) is 21.0. The summed E-state index contributed by atoms with van der Waals surface area (Å²) in [4.78, 5) is 24.6. The van der Waals surface area contributed by atoms with Gasteiger partial charge in [0, 0.05) is 29.0 Å². The van der Waals surface area contributed by atoms with Gasteiger partial charge in [-0.1, -0.05) is 30.8 Å². The number of nitrogens with zero attached hydrogens (tertiary/aromatic N) is 3. The van der Waals surface area contributed by atoms with Crippen molar-refractivity contribution in [2.75, 3.05) is 5.32 Å². The van der Waals surface area contributed by atoms with E-state index in [-0.39, 0.29) is 5.91 Å². The van der Waals surface area contributed by atoms with Gasteiger partial charge in [0.05, 0.1) is 11.7 Å². The third-order valence-electron chi connectivity index (χ3n) is 5.29. The summed E-state index contributed by atoms with van der Waals surface area (Å²) in [6, 6.07) is 23.4. The molecule has 0 aliphatic rings. The second-order valence-electron chi connectivity index (χ2n) is 7.57. The van der Waals surface area contributed by atoms with E-state index in [2.05, 4.69) is 39.0 Å². The molecule has 0 fully saturated rings. The lowest BCUT2D eigenvalue weighted by molar-refractivity contribution is -0.111. The lowest BCUT2D eigenvalue weighted by Crippen LogP contribution is -2.07. The van der Waals surface area contributed by atoms with Crippen LogP contribution in [0.3, 0.4) is 0 Å². The van der Waals surface area contributed by atoms with Crippen molar-refractivity contribution < 1.29 is 9.53 Å². The number of ether oxygens (including phenoxy) is 1. The Morgan fingerprint density at radius 3 is 2.53 bits per heavy atom. The number of carbonyl (C=O) groups excluding carboxylic acids is 1. The van der Waals surface area contributed by atoms with Crippen molar-refractivity contribution in [1.29, 1.82) is 0 Å². The molecule has 3 aromatic carbocycles. The molecule has 2 heterocycles. The van der Waals surface area contributed by atoms with Gasteiger partial charge in [0.25, 0.3) is 0 Å². The third kappa shape index (κ3) is 4.52. The standard InChI is InChI=1S/C28H20N4O2/c1-2-27(33)32-23-6-3-5-20(14-23)26-15-21(13-22-16-30-18-31-28(22)26)19-8-10-24(11-9-19)34-25-7-4-12-29-17-25/h2-18H,1H2,(H,32,33). The summed E-state index contributed by atoms with van der Waals surface area (Å²) < 4.78 is 5.86. The number of hydrogen-bond donors (Lipinski definition) is 1. The van der Waals surface area contributed by atoms with Crippen molar-refractivity contribution in [2.24, 2.45) is 0 Å². The van der Waals surface area contributed by atoms with Crippen molar-refractivity contribution in [2.45, 2.75) is 0 Å². The quantitative estimate of drug-likeness (QED) is 0.312. The first-order valence-corrected chi connectivity index (χ1v) is 10.7. The number of amides is 1.